The van der Waals surface area contributed by atoms with Gasteiger partial charge in [-0.15, -0.1) is 11.3 Å². The van der Waals surface area contributed by atoms with E-state index < -0.39 is 0 Å². The molecule has 0 saturated heterocycles. The zero-order chi connectivity index (χ0) is 21.5. The first kappa shape index (κ1) is 21.8. The van der Waals surface area contributed by atoms with E-state index in [0.29, 0.717) is 30.2 Å². The van der Waals surface area contributed by atoms with Crippen LogP contribution in [0, 0.1) is 6.92 Å². The minimum absolute atomic E-state index is 0.0316. The molecule has 6 heteroatoms. The Morgan fingerprint density at radius 2 is 1.83 bits per heavy atom. The van der Waals surface area contributed by atoms with Crippen LogP contribution in [0.5, 0.6) is 11.5 Å². The monoisotopic (exact) mass is 424 g/mol. The first-order chi connectivity index (χ1) is 14.5. The summed E-state index contributed by atoms with van der Waals surface area (Å²) in [7, 11) is 1.62. The fourth-order valence-electron chi connectivity index (χ4n) is 3.05. The lowest BCUT2D eigenvalue weighted by Gasteiger charge is -2.28. The number of methoxy groups -OCH3 is 1. The van der Waals surface area contributed by atoms with Crippen LogP contribution in [-0.4, -0.2) is 28.9 Å². The Bertz CT molecular complexity index is 969. The van der Waals surface area contributed by atoms with Crippen LogP contribution >= 0.6 is 11.3 Å². The van der Waals surface area contributed by atoms with Crippen LogP contribution in [0.3, 0.4) is 0 Å². The molecule has 0 radical (unpaired) electrons. The molecule has 3 aromatic rings. The summed E-state index contributed by atoms with van der Waals surface area (Å²) in [5.74, 6) is 1.41. The molecule has 0 fully saturated rings. The highest BCUT2D eigenvalue weighted by atomic mass is 32.1. The van der Waals surface area contributed by atoms with Gasteiger partial charge in [0.15, 0.2) is 11.5 Å². The van der Waals surface area contributed by atoms with Crippen molar-refractivity contribution in [2.75, 3.05) is 7.11 Å². The van der Waals surface area contributed by atoms with E-state index in [0.717, 1.165) is 22.7 Å². The third-order valence-corrected chi connectivity index (χ3v) is 5.91. The number of para-hydroxylation sites is 2. The van der Waals surface area contributed by atoms with Gasteiger partial charge in [-0.1, -0.05) is 36.8 Å². The summed E-state index contributed by atoms with van der Waals surface area (Å²) in [6.45, 7) is 7.02. The number of rotatable bonds is 9. The maximum absolute atomic E-state index is 13.1. The van der Waals surface area contributed by atoms with E-state index in [4.69, 9.17) is 9.47 Å². The second-order valence-electron chi connectivity index (χ2n) is 7.23. The van der Waals surface area contributed by atoms with Crippen LogP contribution in [0.4, 0.5) is 0 Å². The Morgan fingerprint density at radius 1 is 1.13 bits per heavy atom. The summed E-state index contributed by atoms with van der Waals surface area (Å²) in [4.78, 5) is 19.7. The molecule has 0 aliphatic heterocycles. The van der Waals surface area contributed by atoms with E-state index in [9.17, 15) is 4.79 Å². The first-order valence-electron chi connectivity index (χ1n) is 10.1. The van der Waals surface area contributed by atoms with Crippen LogP contribution in [0.2, 0.25) is 0 Å². The number of ether oxygens (including phenoxy) is 2. The molecule has 3 rings (SSSR count). The first-order valence-corrected chi connectivity index (χ1v) is 11.0. The van der Waals surface area contributed by atoms with Crippen molar-refractivity contribution < 1.29 is 14.3 Å². The summed E-state index contributed by atoms with van der Waals surface area (Å²) in [6, 6.07) is 15.4. The molecular weight excluding hydrogens is 396 g/mol. The van der Waals surface area contributed by atoms with E-state index in [-0.39, 0.29) is 11.9 Å². The molecule has 30 heavy (non-hydrogen) atoms. The number of hydrogen-bond acceptors (Lipinski definition) is 5. The molecule has 1 amide bonds. The SMILES string of the molecule is CC[C@@H](C)N(Cc1csc(COc2ccccc2OC)n1)C(=O)c1ccc(C)cc1. The van der Waals surface area contributed by atoms with Crippen LogP contribution in [0.15, 0.2) is 53.9 Å². The van der Waals surface area contributed by atoms with Crippen LogP contribution in [0.1, 0.15) is 46.9 Å². The summed E-state index contributed by atoms with van der Waals surface area (Å²) in [5, 5.41) is 2.86. The second kappa shape index (κ2) is 10.3. The number of carbonyl (C=O) groups is 1. The van der Waals surface area contributed by atoms with Crippen LogP contribution in [-0.2, 0) is 13.2 Å². The van der Waals surface area contributed by atoms with Gasteiger partial charge in [0, 0.05) is 17.0 Å². The lowest BCUT2D eigenvalue weighted by Crippen LogP contribution is -2.37. The molecule has 0 aliphatic rings. The van der Waals surface area contributed by atoms with Crippen LogP contribution in [0.25, 0.3) is 0 Å². The highest BCUT2D eigenvalue weighted by Crippen LogP contribution is 2.27. The van der Waals surface area contributed by atoms with Gasteiger partial charge in [0.05, 0.1) is 19.3 Å². The normalized spacial score (nSPS) is 11.7. The van der Waals surface area contributed by atoms with E-state index in [1.165, 1.54) is 11.3 Å². The maximum atomic E-state index is 13.1. The molecule has 1 aromatic heterocycles. The lowest BCUT2D eigenvalue weighted by atomic mass is 10.1. The van der Waals surface area contributed by atoms with Gasteiger partial charge in [-0.25, -0.2) is 4.98 Å². The van der Waals surface area contributed by atoms with E-state index in [1.54, 1.807) is 7.11 Å². The molecule has 5 nitrogen and oxygen atoms in total. The summed E-state index contributed by atoms with van der Waals surface area (Å²) in [5.41, 5.74) is 2.72. The quantitative estimate of drug-likeness (QED) is 0.456. The number of hydrogen-bond donors (Lipinski definition) is 0. The van der Waals surface area contributed by atoms with Crippen LogP contribution < -0.4 is 9.47 Å². The molecule has 0 bridgehead atoms. The second-order valence-corrected chi connectivity index (χ2v) is 8.17. The molecule has 0 aliphatic carbocycles. The van der Waals surface area contributed by atoms with Gasteiger partial charge in [0.25, 0.3) is 5.91 Å². The van der Waals surface area contributed by atoms with Crippen molar-refractivity contribution in [1.82, 2.24) is 9.88 Å². The van der Waals surface area contributed by atoms with Gasteiger partial charge in [0.1, 0.15) is 11.6 Å². The zero-order valence-corrected chi connectivity index (χ0v) is 18.7. The lowest BCUT2D eigenvalue weighted by molar-refractivity contribution is 0.0669. The summed E-state index contributed by atoms with van der Waals surface area (Å²) >= 11 is 1.54. The van der Waals surface area contributed by atoms with Gasteiger partial charge in [0.2, 0.25) is 0 Å². The smallest absolute Gasteiger partial charge is 0.254 e. The molecule has 2 aromatic carbocycles. The third kappa shape index (κ3) is 5.39. The highest BCUT2D eigenvalue weighted by molar-refractivity contribution is 7.09. The Hall–Kier alpha value is -2.86. The molecule has 1 heterocycles. The number of aromatic nitrogens is 1. The Labute approximate surface area is 182 Å². The minimum atomic E-state index is 0.0316. The van der Waals surface area contributed by atoms with Crippen molar-refractivity contribution in [3.05, 3.63) is 75.7 Å². The van der Waals surface area contributed by atoms with Crippen molar-refractivity contribution in [3.8, 4) is 11.5 Å². The van der Waals surface area contributed by atoms with Crippen molar-refractivity contribution in [3.63, 3.8) is 0 Å². The minimum Gasteiger partial charge on any atom is -0.493 e. The number of amides is 1. The topological polar surface area (TPSA) is 51.7 Å². The van der Waals surface area contributed by atoms with Gasteiger partial charge >= 0.3 is 0 Å². The molecule has 0 N–H and O–H groups in total. The van der Waals surface area contributed by atoms with Crippen molar-refractivity contribution in [1.29, 1.82) is 0 Å². The van der Waals surface area contributed by atoms with Gasteiger partial charge in [-0.05, 0) is 44.5 Å². The molecular formula is C24H28N2O3S. The number of carbonyl (C=O) groups excluding carboxylic acids is 1. The van der Waals surface area contributed by atoms with Crippen molar-refractivity contribution in [2.45, 2.75) is 46.4 Å². The average molecular weight is 425 g/mol. The van der Waals surface area contributed by atoms with Gasteiger partial charge in [-0.3, -0.25) is 4.79 Å². The Morgan fingerprint density at radius 3 is 2.50 bits per heavy atom. The molecule has 0 unspecified atom stereocenters. The molecule has 0 saturated carbocycles. The number of thiazole rings is 1. The summed E-state index contributed by atoms with van der Waals surface area (Å²) < 4.78 is 11.2. The number of benzene rings is 2. The van der Waals surface area contributed by atoms with Gasteiger partial charge < -0.3 is 14.4 Å². The zero-order valence-electron chi connectivity index (χ0n) is 17.9. The predicted molar refractivity (Wildman–Crippen MR) is 120 cm³/mol. The fraction of sp³-hybridized carbons (Fsp3) is 0.333. The van der Waals surface area contributed by atoms with Crippen molar-refractivity contribution in [2.24, 2.45) is 0 Å². The number of aryl methyl sites for hydroxylation is 1. The highest BCUT2D eigenvalue weighted by Gasteiger charge is 2.22. The summed E-state index contributed by atoms with van der Waals surface area (Å²) in [6.07, 6.45) is 0.880. The molecule has 158 valence electrons. The van der Waals surface area contributed by atoms with E-state index in [1.807, 2.05) is 65.7 Å². The van der Waals surface area contributed by atoms with E-state index in [2.05, 4.69) is 18.8 Å². The fourth-order valence-corrected chi connectivity index (χ4v) is 3.75. The Balaban J connectivity index is 1.69. The van der Waals surface area contributed by atoms with Crippen molar-refractivity contribution >= 4 is 17.2 Å². The average Bonchev–Trinajstić information content (AvgIpc) is 3.23. The largest absolute Gasteiger partial charge is 0.493 e. The Kier molecular flexibility index (Phi) is 7.46. The molecule has 1 atom stereocenters. The third-order valence-electron chi connectivity index (χ3n) is 5.03. The number of nitrogens with zero attached hydrogens (tertiary/aromatic N) is 2. The van der Waals surface area contributed by atoms with E-state index >= 15 is 0 Å². The molecule has 0 spiro atoms. The van der Waals surface area contributed by atoms with Gasteiger partial charge in [-0.2, -0.15) is 0 Å². The standard InChI is InChI=1S/C24H28N2O3S/c1-5-18(3)26(24(27)19-12-10-17(2)11-13-19)14-20-16-30-23(25-20)15-29-22-9-7-6-8-21(22)28-4/h6-13,16,18H,5,14-15H2,1-4H3/t18-/m1/s1. The predicted octanol–water partition coefficient (Wildman–Crippen LogP) is 5.48. The maximum Gasteiger partial charge on any atom is 0.254 e.